The molecule has 0 spiro atoms. The number of fused-ring (bicyclic) bond motifs is 1. The maximum absolute atomic E-state index is 13.3. The molecule has 3 N–H and O–H groups in total. The molecule has 0 bridgehead atoms. The van der Waals surface area contributed by atoms with Gasteiger partial charge < -0.3 is 20.1 Å². The fourth-order valence-corrected chi connectivity index (χ4v) is 6.66. The second kappa shape index (κ2) is 12.7. The molecule has 13 heteroatoms. The van der Waals surface area contributed by atoms with Gasteiger partial charge in [0.2, 0.25) is 15.9 Å². The lowest BCUT2D eigenvalue weighted by Crippen LogP contribution is -2.50. The minimum absolute atomic E-state index is 0.0376. The maximum atomic E-state index is 13.3. The van der Waals surface area contributed by atoms with Crippen molar-refractivity contribution >= 4 is 54.9 Å². The van der Waals surface area contributed by atoms with Gasteiger partial charge in [0.1, 0.15) is 35.8 Å². The van der Waals surface area contributed by atoms with Gasteiger partial charge in [-0.15, -0.1) is 11.3 Å². The number of hydrogen-bond donors (Lipinski definition) is 3. The van der Waals surface area contributed by atoms with Crippen molar-refractivity contribution in [3.8, 4) is 0 Å². The zero-order valence-electron chi connectivity index (χ0n) is 21.3. The Balaban J connectivity index is 1.34. The fraction of sp³-hybridized carbons (Fsp3) is 0.385. The van der Waals surface area contributed by atoms with Crippen molar-refractivity contribution < 1.29 is 31.9 Å². The molecule has 2 aromatic carbocycles. The Morgan fingerprint density at radius 1 is 1.10 bits per heavy atom. The molecule has 1 aromatic heterocycles. The lowest BCUT2D eigenvalue weighted by Gasteiger charge is -2.22. The number of thiophene rings is 1. The molecular formula is C26H29ClFN3O6S2. The highest BCUT2D eigenvalue weighted by molar-refractivity contribution is 7.89. The average Bonchev–Trinajstić information content (AvgIpc) is 3.52. The van der Waals surface area contributed by atoms with Crippen LogP contribution >= 0.6 is 22.9 Å². The molecule has 0 saturated carbocycles. The summed E-state index contributed by atoms with van der Waals surface area (Å²) in [7, 11) is -4.04. The summed E-state index contributed by atoms with van der Waals surface area (Å²) in [6.07, 6.45) is -0.916. The lowest BCUT2D eigenvalue weighted by molar-refractivity contribution is -0.123. The molecule has 2 amide bonds. The van der Waals surface area contributed by atoms with Crippen LogP contribution in [0.25, 0.3) is 10.1 Å². The minimum atomic E-state index is -4.04. The topological polar surface area (TPSA) is 123 Å². The summed E-state index contributed by atoms with van der Waals surface area (Å²) in [6.45, 7) is 3.71. The first-order valence-corrected chi connectivity index (χ1v) is 15.0. The van der Waals surface area contributed by atoms with E-state index in [0.717, 1.165) is 28.3 Å². The third-order valence-corrected chi connectivity index (χ3v) is 9.11. The number of benzene rings is 2. The number of halogens is 2. The van der Waals surface area contributed by atoms with Gasteiger partial charge in [0.15, 0.2) is 0 Å². The van der Waals surface area contributed by atoms with Crippen LogP contribution in [0.4, 0.5) is 4.39 Å². The first kappa shape index (κ1) is 29.4. The molecule has 9 nitrogen and oxygen atoms in total. The van der Waals surface area contributed by atoms with Crippen molar-refractivity contribution in [1.82, 2.24) is 15.4 Å². The molecule has 0 aliphatic carbocycles. The molecule has 4 rings (SSSR count). The van der Waals surface area contributed by atoms with Crippen LogP contribution in [0.2, 0.25) is 5.02 Å². The van der Waals surface area contributed by atoms with Crippen molar-refractivity contribution in [2.24, 2.45) is 5.92 Å². The zero-order chi connectivity index (χ0) is 28.2. The van der Waals surface area contributed by atoms with E-state index in [1.165, 1.54) is 11.3 Å². The zero-order valence-corrected chi connectivity index (χ0v) is 23.7. The van der Waals surface area contributed by atoms with Crippen molar-refractivity contribution in [2.45, 2.75) is 43.4 Å². The lowest BCUT2D eigenvalue weighted by atomic mass is 10.0. The summed E-state index contributed by atoms with van der Waals surface area (Å²) in [5.74, 6) is -1.23. The van der Waals surface area contributed by atoms with Crippen LogP contribution in [0, 0.1) is 11.7 Å². The number of nitrogens with one attached hydrogen (secondary N) is 3. The van der Waals surface area contributed by atoms with Crippen molar-refractivity contribution in [1.29, 1.82) is 0 Å². The number of hydrogen-bond acceptors (Lipinski definition) is 7. The summed E-state index contributed by atoms with van der Waals surface area (Å²) >= 11 is 7.25. The number of sulfonamides is 1. The first-order valence-electron chi connectivity index (χ1n) is 12.3. The SMILES string of the molecule is CC(C)C[C@H](NC(=O)c1cc2ccccc2s1)C(=O)NC[C@H]1OCO[C@@H]1CNS(=O)(=O)c1ccc(F)cc1Cl. The van der Waals surface area contributed by atoms with E-state index < -0.39 is 34.1 Å². The minimum Gasteiger partial charge on any atom is -0.352 e. The van der Waals surface area contributed by atoms with E-state index in [2.05, 4.69) is 15.4 Å². The molecule has 1 saturated heterocycles. The predicted molar refractivity (Wildman–Crippen MR) is 147 cm³/mol. The van der Waals surface area contributed by atoms with Gasteiger partial charge in [0.05, 0.1) is 9.90 Å². The Morgan fingerprint density at radius 3 is 2.51 bits per heavy atom. The highest BCUT2D eigenvalue weighted by atomic mass is 35.5. The number of carbonyl (C=O) groups is 2. The van der Waals surface area contributed by atoms with Crippen molar-refractivity contribution in [2.75, 3.05) is 19.9 Å². The second-order valence-electron chi connectivity index (χ2n) is 9.50. The van der Waals surface area contributed by atoms with Gasteiger partial charge in [-0.3, -0.25) is 9.59 Å². The Morgan fingerprint density at radius 2 is 1.82 bits per heavy atom. The van der Waals surface area contributed by atoms with E-state index >= 15 is 0 Å². The van der Waals surface area contributed by atoms with E-state index in [9.17, 15) is 22.4 Å². The smallest absolute Gasteiger partial charge is 0.262 e. The molecule has 0 unspecified atom stereocenters. The summed E-state index contributed by atoms with van der Waals surface area (Å²) in [5, 5.41) is 6.34. The van der Waals surface area contributed by atoms with Gasteiger partial charge in [-0.2, -0.15) is 0 Å². The monoisotopic (exact) mass is 597 g/mol. The molecule has 1 fully saturated rings. The van der Waals surface area contributed by atoms with Crippen LogP contribution in [0.3, 0.4) is 0 Å². The summed E-state index contributed by atoms with van der Waals surface area (Å²) in [5.41, 5.74) is 0. The fourth-order valence-electron chi connectivity index (χ4n) is 4.12. The highest BCUT2D eigenvalue weighted by Gasteiger charge is 2.32. The van der Waals surface area contributed by atoms with Crippen LogP contribution in [-0.4, -0.2) is 58.4 Å². The van der Waals surface area contributed by atoms with Crippen LogP contribution in [0.15, 0.2) is 53.4 Å². The number of ether oxygens (including phenoxy) is 2. The third-order valence-electron chi connectivity index (χ3n) is 6.09. The molecular weight excluding hydrogens is 569 g/mol. The molecule has 0 radical (unpaired) electrons. The van der Waals surface area contributed by atoms with Gasteiger partial charge >= 0.3 is 0 Å². The van der Waals surface area contributed by atoms with Gasteiger partial charge in [0.25, 0.3) is 5.91 Å². The standard InChI is InChI=1S/C26H29ClFN3O6S2/c1-15(2)9-19(31-26(33)23-10-16-5-3-4-6-22(16)38-23)25(32)29-12-20-21(37-14-36-20)13-30-39(34,35)24-8-7-17(28)11-18(24)27/h3-8,10-11,15,19-21,30H,9,12-14H2,1-2H3,(H,29,32)(H,31,33)/t19-,20+,21+/m0/s1. The largest absolute Gasteiger partial charge is 0.352 e. The van der Waals surface area contributed by atoms with Gasteiger partial charge in [0, 0.05) is 17.8 Å². The van der Waals surface area contributed by atoms with Gasteiger partial charge in [-0.25, -0.2) is 17.5 Å². The molecule has 1 aliphatic heterocycles. The molecule has 39 heavy (non-hydrogen) atoms. The van der Waals surface area contributed by atoms with E-state index in [0.29, 0.717) is 11.3 Å². The van der Waals surface area contributed by atoms with Crippen LogP contribution in [0.5, 0.6) is 0 Å². The Hall–Kier alpha value is -2.61. The van der Waals surface area contributed by atoms with Crippen LogP contribution in [0.1, 0.15) is 29.9 Å². The number of rotatable bonds is 11. The Kier molecular flexibility index (Phi) is 9.57. The first-order chi connectivity index (χ1) is 18.5. The molecule has 2 heterocycles. The molecule has 1 aliphatic rings. The summed E-state index contributed by atoms with van der Waals surface area (Å²) < 4.78 is 53.0. The predicted octanol–water partition coefficient (Wildman–Crippen LogP) is 3.67. The van der Waals surface area contributed by atoms with E-state index in [1.807, 2.05) is 38.1 Å². The normalized spacial score (nSPS) is 18.4. The number of amides is 2. The third kappa shape index (κ3) is 7.53. The maximum Gasteiger partial charge on any atom is 0.262 e. The Bertz CT molecular complexity index is 1420. The van der Waals surface area contributed by atoms with Crippen molar-refractivity contribution in [3.05, 3.63) is 64.2 Å². The van der Waals surface area contributed by atoms with Crippen molar-refractivity contribution in [3.63, 3.8) is 0 Å². The highest BCUT2D eigenvalue weighted by Crippen LogP contribution is 2.26. The average molecular weight is 598 g/mol. The van der Waals surface area contributed by atoms with E-state index in [-0.39, 0.29) is 47.5 Å². The van der Waals surface area contributed by atoms with Gasteiger partial charge in [-0.1, -0.05) is 43.6 Å². The summed E-state index contributed by atoms with van der Waals surface area (Å²) in [4.78, 5) is 26.3. The molecule has 210 valence electrons. The van der Waals surface area contributed by atoms with Gasteiger partial charge in [-0.05, 0) is 48.1 Å². The quantitative estimate of drug-likeness (QED) is 0.310. The van der Waals surface area contributed by atoms with Crippen LogP contribution in [-0.2, 0) is 24.3 Å². The molecule has 3 aromatic rings. The van der Waals surface area contributed by atoms with E-state index in [4.69, 9.17) is 21.1 Å². The van der Waals surface area contributed by atoms with E-state index in [1.54, 1.807) is 6.07 Å². The molecule has 3 atom stereocenters. The summed E-state index contributed by atoms with van der Waals surface area (Å²) in [6, 6.07) is 11.7. The number of carbonyl (C=O) groups excluding carboxylic acids is 2. The second-order valence-corrected chi connectivity index (χ2v) is 12.7. The van der Waals surface area contributed by atoms with Crippen LogP contribution < -0.4 is 15.4 Å². The Labute approximate surface area is 235 Å².